The Morgan fingerprint density at radius 3 is 2.60 bits per heavy atom. The van der Waals surface area contributed by atoms with Gasteiger partial charge in [-0.25, -0.2) is 4.39 Å². The minimum Gasteiger partial charge on any atom is -0.382 e. The highest BCUT2D eigenvalue weighted by Gasteiger charge is 2.19. The molecule has 0 amide bonds. The smallest absolute Gasteiger partial charge is 0.271 e. The van der Waals surface area contributed by atoms with Crippen LogP contribution in [-0.4, -0.2) is 38.5 Å². The summed E-state index contributed by atoms with van der Waals surface area (Å²) in [6.07, 6.45) is 0.604. The highest BCUT2D eigenvalue weighted by atomic mass is 28.3. The van der Waals surface area contributed by atoms with Crippen LogP contribution in [0.3, 0.4) is 0 Å². The van der Waals surface area contributed by atoms with Crippen molar-refractivity contribution in [3.8, 4) is 0 Å². The van der Waals surface area contributed by atoms with Crippen molar-refractivity contribution in [2.24, 2.45) is 0 Å². The van der Waals surface area contributed by atoms with Gasteiger partial charge in [0.05, 0.1) is 16.2 Å². The van der Waals surface area contributed by atoms with Crippen molar-refractivity contribution in [3.63, 3.8) is 0 Å². The molecule has 0 aromatic heterocycles. The zero-order valence-electron chi connectivity index (χ0n) is 15.7. The third-order valence-electron chi connectivity index (χ3n) is 3.73. The van der Waals surface area contributed by atoms with E-state index in [0.29, 0.717) is 19.6 Å². The molecule has 0 unspecified atom stereocenters. The van der Waals surface area contributed by atoms with Crippen LogP contribution < -0.4 is 5.32 Å². The highest BCUT2D eigenvalue weighted by molar-refractivity contribution is 6.76. The van der Waals surface area contributed by atoms with Gasteiger partial charge in [0.25, 0.3) is 5.69 Å². The summed E-state index contributed by atoms with van der Waals surface area (Å²) in [7, 11) is -1.10. The summed E-state index contributed by atoms with van der Waals surface area (Å²) < 4.78 is 25.0. The third-order valence-corrected chi connectivity index (χ3v) is 5.44. The summed E-state index contributed by atoms with van der Waals surface area (Å²) in [5.74, 6) is -0.515. The number of hydrogen-bond donors (Lipinski definition) is 1. The summed E-state index contributed by atoms with van der Waals surface area (Å²) in [4.78, 5) is 10.2. The van der Waals surface area contributed by atoms with Crippen molar-refractivity contribution in [2.45, 2.75) is 51.6 Å². The third kappa shape index (κ3) is 8.94. The number of ether oxygens (including phenoxy) is 2. The maximum Gasteiger partial charge on any atom is 0.271 e. The normalized spacial score (nSPS) is 12.2. The second-order valence-corrected chi connectivity index (χ2v) is 13.5. The van der Waals surface area contributed by atoms with E-state index in [1.807, 2.05) is 13.8 Å². The van der Waals surface area contributed by atoms with Gasteiger partial charge in [-0.2, -0.15) is 0 Å². The fourth-order valence-corrected chi connectivity index (χ4v) is 2.73. The van der Waals surface area contributed by atoms with Crippen LogP contribution in [0, 0.1) is 15.9 Å². The first-order valence-corrected chi connectivity index (χ1v) is 12.1. The Hall–Kier alpha value is -1.51. The van der Waals surface area contributed by atoms with E-state index in [9.17, 15) is 14.5 Å². The molecule has 1 aromatic carbocycles. The Balaban J connectivity index is 2.36. The van der Waals surface area contributed by atoms with Crippen molar-refractivity contribution in [2.75, 3.05) is 25.3 Å². The number of anilines is 1. The number of nitro groups is 1. The fraction of sp³-hybridized carbons (Fsp3) is 0.647. The van der Waals surface area contributed by atoms with Gasteiger partial charge in [-0.15, -0.1) is 0 Å². The molecule has 0 spiro atoms. The summed E-state index contributed by atoms with van der Waals surface area (Å²) in [5.41, 5.74) is -0.463. The Morgan fingerprint density at radius 2 is 2.00 bits per heavy atom. The number of nitrogens with one attached hydrogen (secondary N) is 1. The zero-order chi connectivity index (χ0) is 19.1. The van der Waals surface area contributed by atoms with E-state index in [-0.39, 0.29) is 18.2 Å². The summed E-state index contributed by atoms with van der Waals surface area (Å²) >= 11 is 0. The molecular formula is C17H29FN2O4Si. The van der Waals surface area contributed by atoms with Crippen LogP contribution in [0.4, 0.5) is 15.8 Å². The van der Waals surface area contributed by atoms with Crippen molar-refractivity contribution in [3.05, 3.63) is 34.1 Å². The molecule has 0 saturated carbocycles. The zero-order valence-corrected chi connectivity index (χ0v) is 16.7. The monoisotopic (exact) mass is 372 g/mol. The Morgan fingerprint density at radius 1 is 1.32 bits per heavy atom. The lowest BCUT2D eigenvalue weighted by Crippen LogP contribution is -2.29. The van der Waals surface area contributed by atoms with E-state index in [4.69, 9.17) is 9.47 Å². The molecule has 0 radical (unpaired) electrons. The summed E-state index contributed by atoms with van der Waals surface area (Å²) in [5, 5.41) is 13.6. The van der Waals surface area contributed by atoms with Crippen molar-refractivity contribution < 1.29 is 18.8 Å². The highest BCUT2D eigenvalue weighted by Crippen LogP contribution is 2.22. The van der Waals surface area contributed by atoms with Crippen LogP contribution in [-0.2, 0) is 9.47 Å². The molecule has 142 valence electrons. The molecule has 25 heavy (non-hydrogen) atoms. The van der Waals surface area contributed by atoms with Gasteiger partial charge in [0, 0.05) is 33.4 Å². The molecule has 0 saturated heterocycles. The molecule has 0 aliphatic rings. The van der Waals surface area contributed by atoms with E-state index >= 15 is 0 Å². The first kappa shape index (κ1) is 21.5. The van der Waals surface area contributed by atoms with E-state index in [2.05, 4.69) is 25.0 Å². The first-order valence-electron chi connectivity index (χ1n) is 8.40. The molecular weight excluding hydrogens is 343 g/mol. The maximum atomic E-state index is 13.7. The topological polar surface area (TPSA) is 73.6 Å². The number of rotatable bonds is 11. The fourth-order valence-electron chi connectivity index (χ4n) is 1.97. The van der Waals surface area contributed by atoms with Gasteiger partial charge in [-0.3, -0.25) is 10.1 Å². The number of benzene rings is 1. The van der Waals surface area contributed by atoms with Gasteiger partial charge >= 0.3 is 0 Å². The van der Waals surface area contributed by atoms with Crippen molar-refractivity contribution in [1.82, 2.24) is 0 Å². The molecule has 6 nitrogen and oxygen atoms in total. The number of halogens is 1. The standard InChI is InChI=1S/C17H29FN2O4Si/c1-17(2,24-13-23-10-11-25(3,4)5)8-9-19-16-12-14(20(21)22)6-7-15(16)18/h6-7,12,19H,8-11,13H2,1-5H3. The minimum absolute atomic E-state index is 0.122. The summed E-state index contributed by atoms with van der Waals surface area (Å²) in [6, 6.07) is 4.52. The van der Waals surface area contributed by atoms with Crippen molar-refractivity contribution in [1.29, 1.82) is 0 Å². The van der Waals surface area contributed by atoms with Gasteiger partial charge in [-0.05, 0) is 32.4 Å². The first-order chi connectivity index (χ1) is 11.5. The van der Waals surface area contributed by atoms with Crippen LogP contribution in [0.5, 0.6) is 0 Å². The van der Waals surface area contributed by atoms with Gasteiger partial charge in [-0.1, -0.05) is 19.6 Å². The predicted octanol–water partition coefficient (Wildman–Crippen LogP) is 4.64. The second-order valence-electron chi connectivity index (χ2n) is 7.84. The minimum atomic E-state index is -1.10. The number of non-ortho nitro benzene ring substituents is 1. The van der Waals surface area contributed by atoms with Crippen molar-refractivity contribution >= 4 is 19.4 Å². The van der Waals surface area contributed by atoms with Crippen LogP contribution in [0.1, 0.15) is 20.3 Å². The van der Waals surface area contributed by atoms with E-state index in [1.54, 1.807) is 0 Å². The lowest BCUT2D eigenvalue weighted by Gasteiger charge is -2.26. The molecule has 0 aliphatic carbocycles. The molecule has 1 rings (SSSR count). The van der Waals surface area contributed by atoms with Gasteiger partial charge in [0.1, 0.15) is 12.6 Å². The van der Waals surface area contributed by atoms with Gasteiger partial charge in [0.2, 0.25) is 0 Å². The van der Waals surface area contributed by atoms with E-state index < -0.39 is 24.4 Å². The number of nitro benzene ring substituents is 1. The van der Waals surface area contributed by atoms with Crippen LogP contribution in [0.25, 0.3) is 0 Å². The van der Waals surface area contributed by atoms with Gasteiger partial charge < -0.3 is 14.8 Å². The van der Waals surface area contributed by atoms with E-state index in [1.165, 1.54) is 6.07 Å². The molecule has 0 fully saturated rings. The molecule has 8 heteroatoms. The Bertz CT molecular complexity index is 576. The second kappa shape index (κ2) is 9.26. The number of hydrogen-bond acceptors (Lipinski definition) is 5. The quantitative estimate of drug-likeness (QED) is 0.201. The maximum absolute atomic E-state index is 13.7. The van der Waals surface area contributed by atoms with Crippen LogP contribution >= 0.6 is 0 Å². The van der Waals surface area contributed by atoms with Crippen LogP contribution in [0.2, 0.25) is 25.7 Å². The predicted molar refractivity (Wildman–Crippen MR) is 100 cm³/mol. The molecule has 1 aromatic rings. The molecule has 1 N–H and O–H groups in total. The Labute approximate surface area is 149 Å². The lowest BCUT2D eigenvalue weighted by atomic mass is 10.1. The molecule has 0 bridgehead atoms. The Kier molecular flexibility index (Phi) is 7.97. The molecule has 0 heterocycles. The summed E-state index contributed by atoms with van der Waals surface area (Å²) in [6.45, 7) is 12.1. The SMILES string of the molecule is CC(C)(CCNc1cc([N+](=O)[O-])ccc1F)OCOCC[Si](C)(C)C. The van der Waals surface area contributed by atoms with E-state index in [0.717, 1.165) is 18.2 Å². The molecule has 0 aliphatic heterocycles. The molecule has 0 atom stereocenters. The lowest BCUT2D eigenvalue weighted by molar-refractivity contribution is -0.384. The van der Waals surface area contributed by atoms with Crippen LogP contribution in [0.15, 0.2) is 18.2 Å². The van der Waals surface area contributed by atoms with Gasteiger partial charge in [0.15, 0.2) is 0 Å². The largest absolute Gasteiger partial charge is 0.382 e. The number of nitrogens with zero attached hydrogens (tertiary/aromatic N) is 1. The average molecular weight is 373 g/mol. The average Bonchev–Trinajstić information content (AvgIpc) is 2.47.